The van der Waals surface area contributed by atoms with E-state index in [-0.39, 0.29) is 11.5 Å². The van der Waals surface area contributed by atoms with Crippen LogP contribution >= 0.6 is 0 Å². The maximum Gasteiger partial charge on any atom is 0.258 e. The molecule has 0 saturated heterocycles. The van der Waals surface area contributed by atoms with Gasteiger partial charge in [0.25, 0.3) is 11.5 Å². The molecule has 0 fully saturated rings. The quantitative estimate of drug-likeness (QED) is 0.852. The van der Waals surface area contributed by atoms with Gasteiger partial charge in [-0.25, -0.2) is 4.98 Å². The number of aryl methyl sites for hydroxylation is 2. The molecule has 1 aliphatic rings. The van der Waals surface area contributed by atoms with Crippen molar-refractivity contribution in [3.63, 3.8) is 0 Å². The van der Waals surface area contributed by atoms with Crippen LogP contribution in [-0.4, -0.2) is 30.1 Å². The van der Waals surface area contributed by atoms with Crippen molar-refractivity contribution < 1.29 is 4.79 Å². The van der Waals surface area contributed by atoms with Crippen LogP contribution in [-0.2, 0) is 26.7 Å². The van der Waals surface area contributed by atoms with Gasteiger partial charge in [0.15, 0.2) is 0 Å². The number of aromatic nitrogens is 4. The Labute approximate surface area is 134 Å². The number of carbonyl (C=O) groups excluding carboxylic acids is 1. The number of hydrogen-bond donors (Lipinski definition) is 0. The van der Waals surface area contributed by atoms with Crippen molar-refractivity contribution in [2.75, 3.05) is 0 Å². The van der Waals surface area contributed by atoms with E-state index in [1.54, 1.807) is 25.1 Å². The van der Waals surface area contributed by atoms with Crippen molar-refractivity contribution in [1.29, 1.82) is 0 Å². The SMILES string of the molecule is CCCn1ncc(C(=O)N2Cc3nc(C)n(C)c(=O)c3C2)c1C. The van der Waals surface area contributed by atoms with Crippen LogP contribution in [0.15, 0.2) is 11.0 Å². The molecule has 1 aliphatic heterocycles. The Morgan fingerprint density at radius 3 is 2.74 bits per heavy atom. The topological polar surface area (TPSA) is 73.0 Å². The summed E-state index contributed by atoms with van der Waals surface area (Å²) in [5.41, 5.74) is 2.72. The van der Waals surface area contributed by atoms with E-state index in [2.05, 4.69) is 17.0 Å². The first-order valence-electron chi connectivity index (χ1n) is 7.81. The highest BCUT2D eigenvalue weighted by Crippen LogP contribution is 2.21. The van der Waals surface area contributed by atoms with Crippen LogP contribution in [0.5, 0.6) is 0 Å². The molecule has 23 heavy (non-hydrogen) atoms. The van der Waals surface area contributed by atoms with Crippen molar-refractivity contribution >= 4 is 5.91 Å². The highest BCUT2D eigenvalue weighted by atomic mass is 16.2. The lowest BCUT2D eigenvalue weighted by atomic mass is 10.2. The van der Waals surface area contributed by atoms with Gasteiger partial charge in [0.1, 0.15) is 5.82 Å². The highest BCUT2D eigenvalue weighted by molar-refractivity contribution is 5.95. The molecular formula is C16H21N5O2. The Morgan fingerprint density at radius 2 is 2.04 bits per heavy atom. The largest absolute Gasteiger partial charge is 0.328 e. The molecule has 0 aliphatic carbocycles. The zero-order valence-corrected chi connectivity index (χ0v) is 14.0. The van der Waals surface area contributed by atoms with Crippen LogP contribution in [0.25, 0.3) is 0 Å². The van der Waals surface area contributed by atoms with Crippen molar-refractivity contribution in [3.8, 4) is 0 Å². The molecule has 1 amide bonds. The second-order valence-corrected chi connectivity index (χ2v) is 5.98. The van der Waals surface area contributed by atoms with Gasteiger partial charge in [-0.15, -0.1) is 0 Å². The second kappa shape index (κ2) is 5.64. The van der Waals surface area contributed by atoms with Gasteiger partial charge in [-0.3, -0.25) is 18.8 Å². The fourth-order valence-corrected chi connectivity index (χ4v) is 2.94. The first-order chi connectivity index (χ1) is 10.9. The minimum absolute atomic E-state index is 0.0683. The molecule has 0 unspecified atom stereocenters. The molecular weight excluding hydrogens is 294 g/mol. The smallest absolute Gasteiger partial charge is 0.258 e. The van der Waals surface area contributed by atoms with E-state index in [0.29, 0.717) is 35.7 Å². The lowest BCUT2D eigenvalue weighted by Crippen LogP contribution is -2.27. The van der Waals surface area contributed by atoms with Gasteiger partial charge in [0.05, 0.1) is 36.1 Å². The highest BCUT2D eigenvalue weighted by Gasteiger charge is 2.30. The summed E-state index contributed by atoms with van der Waals surface area (Å²) in [6.45, 7) is 7.26. The monoisotopic (exact) mass is 315 g/mol. The van der Waals surface area contributed by atoms with Gasteiger partial charge < -0.3 is 4.90 Å². The Morgan fingerprint density at radius 1 is 1.30 bits per heavy atom. The minimum Gasteiger partial charge on any atom is -0.328 e. The predicted octanol–water partition coefficient (Wildman–Crippen LogP) is 1.16. The van der Waals surface area contributed by atoms with Gasteiger partial charge in [-0.05, 0) is 20.3 Å². The summed E-state index contributed by atoms with van der Waals surface area (Å²) in [7, 11) is 1.70. The summed E-state index contributed by atoms with van der Waals surface area (Å²) in [6.07, 6.45) is 2.58. The number of hydrogen-bond acceptors (Lipinski definition) is 4. The number of amides is 1. The van der Waals surface area contributed by atoms with E-state index in [1.807, 2.05) is 11.6 Å². The fraction of sp³-hybridized carbons (Fsp3) is 0.500. The van der Waals surface area contributed by atoms with Crippen molar-refractivity contribution in [1.82, 2.24) is 24.2 Å². The van der Waals surface area contributed by atoms with Gasteiger partial charge in [-0.1, -0.05) is 6.92 Å². The number of fused-ring (bicyclic) bond motifs is 1. The lowest BCUT2D eigenvalue weighted by molar-refractivity contribution is 0.0749. The van der Waals surface area contributed by atoms with Crippen molar-refractivity contribution in [2.45, 2.75) is 46.8 Å². The lowest BCUT2D eigenvalue weighted by Gasteiger charge is -2.14. The Hall–Kier alpha value is -2.44. The van der Waals surface area contributed by atoms with E-state index in [4.69, 9.17) is 0 Å². The van der Waals surface area contributed by atoms with Crippen LogP contribution in [0.2, 0.25) is 0 Å². The summed E-state index contributed by atoms with van der Waals surface area (Å²) in [5, 5.41) is 4.28. The molecule has 3 heterocycles. The Bertz CT molecular complexity index is 834. The fourth-order valence-electron chi connectivity index (χ4n) is 2.94. The molecule has 2 aromatic rings. The Kier molecular flexibility index (Phi) is 3.79. The van der Waals surface area contributed by atoms with Crippen LogP contribution in [0, 0.1) is 13.8 Å². The molecule has 7 heteroatoms. The van der Waals surface area contributed by atoms with E-state index in [1.165, 1.54) is 4.57 Å². The summed E-state index contributed by atoms with van der Waals surface area (Å²) in [5.74, 6) is 0.567. The van der Waals surface area contributed by atoms with Crippen LogP contribution in [0.3, 0.4) is 0 Å². The van der Waals surface area contributed by atoms with Crippen LogP contribution < -0.4 is 5.56 Å². The van der Waals surface area contributed by atoms with Crippen molar-refractivity contribution in [3.05, 3.63) is 44.9 Å². The zero-order chi connectivity index (χ0) is 16.7. The third-order valence-electron chi connectivity index (χ3n) is 4.44. The molecule has 2 aromatic heterocycles. The molecule has 0 saturated carbocycles. The van der Waals surface area contributed by atoms with E-state index in [9.17, 15) is 9.59 Å². The summed E-state index contributed by atoms with van der Waals surface area (Å²) in [4.78, 5) is 31.2. The maximum atomic E-state index is 12.8. The summed E-state index contributed by atoms with van der Waals surface area (Å²) in [6, 6.07) is 0. The molecule has 122 valence electrons. The molecule has 7 nitrogen and oxygen atoms in total. The molecule has 3 rings (SSSR count). The zero-order valence-electron chi connectivity index (χ0n) is 14.0. The average molecular weight is 315 g/mol. The van der Waals surface area contributed by atoms with E-state index >= 15 is 0 Å². The summed E-state index contributed by atoms with van der Waals surface area (Å²) < 4.78 is 3.37. The summed E-state index contributed by atoms with van der Waals surface area (Å²) >= 11 is 0. The molecule has 0 radical (unpaired) electrons. The normalized spacial score (nSPS) is 13.5. The van der Waals surface area contributed by atoms with Gasteiger partial charge in [-0.2, -0.15) is 5.10 Å². The van der Waals surface area contributed by atoms with Crippen molar-refractivity contribution in [2.24, 2.45) is 7.05 Å². The van der Waals surface area contributed by atoms with E-state index in [0.717, 1.165) is 18.7 Å². The third kappa shape index (κ3) is 2.46. The molecule has 0 atom stereocenters. The Balaban J connectivity index is 1.89. The first kappa shape index (κ1) is 15.5. The van der Waals surface area contributed by atoms with E-state index < -0.39 is 0 Å². The molecule has 0 bridgehead atoms. The van der Waals surface area contributed by atoms with Gasteiger partial charge in [0.2, 0.25) is 0 Å². The van der Waals surface area contributed by atoms with Gasteiger partial charge in [0, 0.05) is 19.3 Å². The number of rotatable bonds is 3. The van der Waals surface area contributed by atoms with Gasteiger partial charge >= 0.3 is 0 Å². The minimum atomic E-state index is -0.0949. The van der Waals surface area contributed by atoms with Crippen LogP contribution in [0.1, 0.15) is 46.5 Å². The molecule has 0 aromatic carbocycles. The van der Waals surface area contributed by atoms with Crippen LogP contribution in [0.4, 0.5) is 0 Å². The average Bonchev–Trinajstić information content (AvgIpc) is 3.10. The second-order valence-electron chi connectivity index (χ2n) is 5.98. The number of nitrogens with zero attached hydrogens (tertiary/aromatic N) is 5. The predicted molar refractivity (Wildman–Crippen MR) is 85.0 cm³/mol. The molecule has 0 N–H and O–H groups in total. The maximum absolute atomic E-state index is 12.8. The first-order valence-corrected chi connectivity index (χ1v) is 7.81. The third-order valence-corrected chi connectivity index (χ3v) is 4.44. The molecule has 0 spiro atoms. The number of carbonyl (C=O) groups is 1. The standard InChI is InChI=1S/C16H21N5O2/c1-5-6-21-10(2)12(7-17-21)16(23)20-8-13-14(9-20)18-11(3)19(4)15(13)22/h7H,5-6,8-9H2,1-4H3.